The zero-order chi connectivity index (χ0) is 20.5. The summed E-state index contributed by atoms with van der Waals surface area (Å²) in [6, 6.07) is 0. The van der Waals surface area contributed by atoms with Gasteiger partial charge in [0.2, 0.25) is 5.91 Å². The summed E-state index contributed by atoms with van der Waals surface area (Å²) >= 11 is 0. The third-order valence-electron chi connectivity index (χ3n) is 7.51. The number of piperidine rings is 2. The fourth-order valence-electron chi connectivity index (χ4n) is 5.71. The molecule has 6 nitrogen and oxygen atoms in total. The first-order valence-electron chi connectivity index (χ1n) is 12.1. The van der Waals surface area contributed by atoms with E-state index in [1.165, 1.54) is 64.3 Å². The van der Waals surface area contributed by atoms with Gasteiger partial charge in [-0.25, -0.2) is 0 Å². The van der Waals surface area contributed by atoms with Crippen molar-refractivity contribution in [3.8, 4) is 0 Å². The number of carbonyl (C=O) groups excluding carboxylic acids is 1. The quantitative estimate of drug-likeness (QED) is 0.405. The second-order valence-electron chi connectivity index (χ2n) is 9.64. The minimum atomic E-state index is -0.122. The Morgan fingerprint density at radius 3 is 2.38 bits per heavy atom. The highest BCUT2D eigenvalue weighted by atomic mass is 16.1. The van der Waals surface area contributed by atoms with E-state index in [1.54, 1.807) is 0 Å². The molecule has 1 saturated carbocycles. The molecule has 3 aliphatic rings. The number of rotatable bonds is 6. The molecule has 2 saturated heterocycles. The van der Waals surface area contributed by atoms with E-state index in [0.29, 0.717) is 5.41 Å². The number of nitrogens with one attached hydrogen (secondary N) is 1. The van der Waals surface area contributed by atoms with E-state index >= 15 is 0 Å². The molecule has 0 bridgehead atoms. The van der Waals surface area contributed by atoms with Gasteiger partial charge in [-0.3, -0.25) is 9.79 Å². The molecule has 0 aromatic rings. The molecule has 0 atom stereocenters. The molecule has 166 valence electrons. The van der Waals surface area contributed by atoms with Gasteiger partial charge >= 0.3 is 0 Å². The summed E-state index contributed by atoms with van der Waals surface area (Å²) in [7, 11) is 1.93. The lowest BCUT2D eigenvalue weighted by atomic mass is 9.74. The summed E-state index contributed by atoms with van der Waals surface area (Å²) in [5.74, 6) is 1.08. The van der Waals surface area contributed by atoms with E-state index in [4.69, 9.17) is 5.73 Å². The Hall–Kier alpha value is -1.30. The first-order valence-corrected chi connectivity index (χ1v) is 12.1. The predicted molar refractivity (Wildman–Crippen MR) is 120 cm³/mol. The molecule has 2 heterocycles. The largest absolute Gasteiger partial charge is 0.369 e. The number of nitrogens with two attached hydrogens (primary N) is 1. The van der Waals surface area contributed by atoms with Crippen LogP contribution in [0.25, 0.3) is 0 Å². The van der Waals surface area contributed by atoms with Crippen molar-refractivity contribution >= 4 is 11.9 Å². The average molecular weight is 406 g/mol. The Morgan fingerprint density at radius 2 is 1.72 bits per heavy atom. The maximum atomic E-state index is 11.3. The van der Waals surface area contributed by atoms with Crippen LogP contribution in [-0.4, -0.2) is 68.0 Å². The molecular formula is C23H43N5O. The van der Waals surface area contributed by atoms with Crippen LogP contribution in [0.4, 0.5) is 0 Å². The molecule has 3 N–H and O–H groups in total. The van der Waals surface area contributed by atoms with Gasteiger partial charge in [-0.05, 0) is 76.4 Å². The van der Waals surface area contributed by atoms with E-state index in [9.17, 15) is 4.79 Å². The zero-order valence-corrected chi connectivity index (χ0v) is 18.6. The van der Waals surface area contributed by atoms with Crippen LogP contribution in [-0.2, 0) is 4.79 Å². The molecule has 0 radical (unpaired) electrons. The van der Waals surface area contributed by atoms with E-state index in [2.05, 4.69) is 20.1 Å². The third kappa shape index (κ3) is 6.59. The van der Waals surface area contributed by atoms with Gasteiger partial charge in [0.15, 0.2) is 5.96 Å². The van der Waals surface area contributed by atoms with Gasteiger partial charge in [0, 0.05) is 32.6 Å². The van der Waals surface area contributed by atoms with E-state index in [1.807, 2.05) is 7.05 Å². The standard InChI is InChI=1S/C23H43N5O/c1-25-22(28-16-8-13-23(19-28)11-4-2-3-5-12-23)26-14-6-7-15-27-17-9-20(10-18-27)21(24)29/h20H,2-19H2,1H3,(H2,24,29)(H,25,26). The Kier molecular flexibility index (Phi) is 8.64. The first kappa shape index (κ1) is 22.4. The van der Waals surface area contributed by atoms with Crippen molar-refractivity contribution in [3.63, 3.8) is 0 Å². The molecule has 3 fully saturated rings. The fraction of sp³-hybridized carbons (Fsp3) is 0.913. The molecular weight excluding hydrogens is 362 g/mol. The third-order valence-corrected chi connectivity index (χ3v) is 7.51. The Labute approximate surface area is 177 Å². The number of unbranched alkanes of at least 4 members (excludes halogenated alkanes) is 1. The number of guanidine groups is 1. The van der Waals surface area contributed by atoms with Crippen LogP contribution in [0, 0.1) is 11.3 Å². The van der Waals surface area contributed by atoms with Gasteiger partial charge in [0.25, 0.3) is 0 Å². The molecule has 1 amide bonds. The Morgan fingerprint density at radius 1 is 1.03 bits per heavy atom. The number of carbonyl (C=O) groups is 1. The van der Waals surface area contributed by atoms with Crippen molar-refractivity contribution in [2.24, 2.45) is 22.1 Å². The topological polar surface area (TPSA) is 74.0 Å². The summed E-state index contributed by atoms with van der Waals surface area (Å²) in [5.41, 5.74) is 5.97. The van der Waals surface area contributed by atoms with Crippen LogP contribution in [0.15, 0.2) is 4.99 Å². The van der Waals surface area contributed by atoms with Gasteiger partial charge < -0.3 is 20.9 Å². The highest BCUT2D eigenvalue weighted by Gasteiger charge is 2.36. The van der Waals surface area contributed by atoms with Crippen LogP contribution in [0.1, 0.15) is 77.0 Å². The van der Waals surface area contributed by atoms with Crippen LogP contribution >= 0.6 is 0 Å². The van der Waals surface area contributed by atoms with Gasteiger partial charge in [-0.1, -0.05) is 25.7 Å². The van der Waals surface area contributed by atoms with Gasteiger partial charge in [0.1, 0.15) is 0 Å². The number of nitrogens with zero attached hydrogens (tertiary/aromatic N) is 3. The monoisotopic (exact) mass is 405 g/mol. The first-order chi connectivity index (χ1) is 14.1. The van der Waals surface area contributed by atoms with Gasteiger partial charge in [0.05, 0.1) is 0 Å². The van der Waals surface area contributed by atoms with Crippen molar-refractivity contribution in [1.29, 1.82) is 0 Å². The average Bonchev–Trinajstić information content (AvgIpc) is 2.96. The summed E-state index contributed by atoms with van der Waals surface area (Å²) < 4.78 is 0. The van der Waals surface area contributed by atoms with Gasteiger partial charge in [-0.15, -0.1) is 0 Å². The lowest BCUT2D eigenvalue weighted by Crippen LogP contribution is -2.50. The van der Waals surface area contributed by atoms with Crippen LogP contribution in [0.3, 0.4) is 0 Å². The summed E-state index contributed by atoms with van der Waals surface area (Å²) in [4.78, 5) is 20.9. The molecule has 0 unspecified atom stereocenters. The normalized spacial score (nSPS) is 24.4. The minimum Gasteiger partial charge on any atom is -0.369 e. The second kappa shape index (κ2) is 11.2. The number of hydrogen-bond donors (Lipinski definition) is 2. The Bertz CT molecular complexity index is 533. The number of amides is 1. The van der Waals surface area contributed by atoms with E-state index in [-0.39, 0.29) is 11.8 Å². The summed E-state index contributed by atoms with van der Waals surface area (Å²) in [6.07, 6.45) is 15.4. The lowest BCUT2D eigenvalue weighted by molar-refractivity contribution is -0.123. The fourth-order valence-corrected chi connectivity index (χ4v) is 5.71. The minimum absolute atomic E-state index is 0.0949. The molecule has 3 rings (SSSR count). The molecule has 1 aliphatic carbocycles. The highest BCUT2D eigenvalue weighted by Crippen LogP contribution is 2.42. The number of hydrogen-bond acceptors (Lipinski definition) is 3. The SMILES string of the molecule is CN=C(NCCCCN1CCC(C(N)=O)CC1)N1CCCC2(CCCCCC2)C1. The smallest absolute Gasteiger partial charge is 0.220 e. The Balaban J connectivity index is 1.34. The zero-order valence-electron chi connectivity index (χ0n) is 18.6. The molecule has 1 spiro atoms. The lowest BCUT2D eigenvalue weighted by Gasteiger charge is -2.44. The maximum Gasteiger partial charge on any atom is 0.220 e. The van der Waals surface area contributed by atoms with Crippen molar-refractivity contribution in [1.82, 2.24) is 15.1 Å². The summed E-state index contributed by atoms with van der Waals surface area (Å²) in [5, 5.41) is 3.63. The van der Waals surface area contributed by atoms with Crippen molar-refractivity contribution in [2.75, 3.05) is 46.3 Å². The number of primary amides is 1. The van der Waals surface area contributed by atoms with Gasteiger partial charge in [-0.2, -0.15) is 0 Å². The van der Waals surface area contributed by atoms with Crippen LogP contribution in [0.2, 0.25) is 0 Å². The molecule has 2 aliphatic heterocycles. The van der Waals surface area contributed by atoms with Crippen molar-refractivity contribution < 1.29 is 4.79 Å². The molecule has 29 heavy (non-hydrogen) atoms. The van der Waals surface area contributed by atoms with E-state index in [0.717, 1.165) is 57.9 Å². The number of likely N-dealkylation sites (tertiary alicyclic amines) is 2. The number of aliphatic imine (C=N–C) groups is 1. The maximum absolute atomic E-state index is 11.3. The van der Waals surface area contributed by atoms with Crippen LogP contribution < -0.4 is 11.1 Å². The summed E-state index contributed by atoms with van der Waals surface area (Å²) in [6.45, 7) is 6.49. The van der Waals surface area contributed by atoms with Crippen molar-refractivity contribution in [3.05, 3.63) is 0 Å². The highest BCUT2D eigenvalue weighted by molar-refractivity contribution is 5.80. The van der Waals surface area contributed by atoms with Crippen molar-refractivity contribution in [2.45, 2.75) is 77.0 Å². The second-order valence-corrected chi connectivity index (χ2v) is 9.64. The molecule has 0 aromatic heterocycles. The predicted octanol–water partition coefficient (Wildman–Crippen LogP) is 2.98. The van der Waals surface area contributed by atoms with E-state index < -0.39 is 0 Å². The molecule has 6 heteroatoms. The van der Waals surface area contributed by atoms with Crippen LogP contribution in [0.5, 0.6) is 0 Å². The molecule has 0 aromatic carbocycles.